The first-order valence-electron chi connectivity index (χ1n) is 6.81. The van der Waals surface area contributed by atoms with E-state index >= 15 is 0 Å². The van der Waals surface area contributed by atoms with Gasteiger partial charge in [-0.05, 0) is 25.8 Å². The Kier molecular flexibility index (Phi) is 4.68. The van der Waals surface area contributed by atoms with Crippen LogP contribution in [0.4, 0.5) is 11.5 Å². The maximum atomic E-state index is 10.8. The largest absolute Gasteiger partial charge is 0.367 e. The van der Waals surface area contributed by atoms with Gasteiger partial charge in [0.15, 0.2) is 0 Å². The number of pyridine rings is 1. The molecule has 1 aliphatic rings. The summed E-state index contributed by atoms with van der Waals surface area (Å²) in [6.07, 6.45) is 5.34. The van der Waals surface area contributed by atoms with Crippen molar-refractivity contribution in [2.24, 2.45) is 0 Å². The summed E-state index contributed by atoms with van der Waals surface area (Å²) in [5.41, 5.74) is 0.702. The molecule has 0 spiro atoms. The van der Waals surface area contributed by atoms with E-state index in [2.05, 4.69) is 21.8 Å². The summed E-state index contributed by atoms with van der Waals surface area (Å²) in [7, 11) is 0. The van der Waals surface area contributed by atoms with Crippen LogP contribution in [-0.4, -0.2) is 40.5 Å². The zero-order valence-electron chi connectivity index (χ0n) is 11.7. The van der Waals surface area contributed by atoms with E-state index in [1.54, 1.807) is 13.0 Å². The molecule has 0 radical (unpaired) electrons. The van der Waals surface area contributed by atoms with Crippen LogP contribution in [0.15, 0.2) is 24.9 Å². The Hall–Kier alpha value is -1.95. The fourth-order valence-corrected chi connectivity index (χ4v) is 2.47. The first kappa shape index (κ1) is 14.5. The van der Waals surface area contributed by atoms with Crippen molar-refractivity contribution in [3.63, 3.8) is 0 Å². The SMILES string of the molecule is C=CCN1CCC(Nc2cc(C)c([N+](=O)[O-])cn2)CC1. The van der Waals surface area contributed by atoms with Crippen molar-refractivity contribution in [1.29, 1.82) is 0 Å². The van der Waals surface area contributed by atoms with Crippen molar-refractivity contribution in [1.82, 2.24) is 9.88 Å². The number of aromatic nitrogens is 1. The van der Waals surface area contributed by atoms with Crippen LogP contribution in [0.5, 0.6) is 0 Å². The third-order valence-corrected chi connectivity index (χ3v) is 3.61. The smallest absolute Gasteiger partial charge is 0.290 e. The molecule has 20 heavy (non-hydrogen) atoms. The molecule has 0 unspecified atom stereocenters. The number of rotatable bonds is 5. The highest BCUT2D eigenvalue weighted by molar-refractivity contribution is 5.47. The Morgan fingerprint density at radius 3 is 2.85 bits per heavy atom. The average molecular weight is 276 g/mol. The molecule has 6 heteroatoms. The van der Waals surface area contributed by atoms with Crippen molar-refractivity contribution >= 4 is 11.5 Å². The van der Waals surface area contributed by atoms with Crippen LogP contribution in [0.25, 0.3) is 0 Å². The molecule has 0 saturated carbocycles. The highest BCUT2D eigenvalue weighted by atomic mass is 16.6. The fourth-order valence-electron chi connectivity index (χ4n) is 2.47. The van der Waals surface area contributed by atoms with Crippen LogP contribution in [0, 0.1) is 17.0 Å². The number of likely N-dealkylation sites (tertiary alicyclic amines) is 1. The minimum atomic E-state index is -0.403. The number of anilines is 1. The van der Waals surface area contributed by atoms with E-state index in [1.807, 2.05) is 6.08 Å². The summed E-state index contributed by atoms with van der Waals surface area (Å²) < 4.78 is 0. The van der Waals surface area contributed by atoms with Crippen LogP contribution < -0.4 is 5.32 Å². The lowest BCUT2D eigenvalue weighted by Crippen LogP contribution is -2.39. The van der Waals surface area contributed by atoms with E-state index in [9.17, 15) is 10.1 Å². The van der Waals surface area contributed by atoms with Gasteiger partial charge in [0.2, 0.25) is 0 Å². The zero-order chi connectivity index (χ0) is 14.5. The molecular weight excluding hydrogens is 256 g/mol. The number of nitrogens with zero attached hydrogens (tertiary/aromatic N) is 3. The Bertz CT molecular complexity index is 496. The molecule has 1 aliphatic heterocycles. The van der Waals surface area contributed by atoms with Crippen LogP contribution in [0.2, 0.25) is 0 Å². The Morgan fingerprint density at radius 2 is 2.30 bits per heavy atom. The van der Waals surface area contributed by atoms with Gasteiger partial charge >= 0.3 is 0 Å². The Labute approximate surface area is 118 Å². The number of aryl methyl sites for hydroxylation is 1. The molecule has 1 saturated heterocycles. The van der Waals surface area contributed by atoms with Gasteiger partial charge < -0.3 is 5.32 Å². The van der Waals surface area contributed by atoms with E-state index in [-0.39, 0.29) is 5.69 Å². The molecule has 0 atom stereocenters. The van der Waals surface area contributed by atoms with Crippen LogP contribution in [-0.2, 0) is 0 Å². The highest BCUT2D eigenvalue weighted by Crippen LogP contribution is 2.21. The number of hydrogen-bond acceptors (Lipinski definition) is 5. The molecule has 0 bridgehead atoms. The van der Waals surface area contributed by atoms with Crippen molar-refractivity contribution in [2.45, 2.75) is 25.8 Å². The van der Waals surface area contributed by atoms with E-state index in [0.29, 0.717) is 11.6 Å². The summed E-state index contributed by atoms with van der Waals surface area (Å²) >= 11 is 0. The number of nitro groups is 1. The molecule has 1 aromatic rings. The molecule has 108 valence electrons. The highest BCUT2D eigenvalue weighted by Gasteiger charge is 2.19. The lowest BCUT2D eigenvalue weighted by Gasteiger charge is -2.31. The second kappa shape index (κ2) is 6.47. The lowest BCUT2D eigenvalue weighted by atomic mass is 10.0. The van der Waals surface area contributed by atoms with Crippen molar-refractivity contribution in [2.75, 3.05) is 25.0 Å². The van der Waals surface area contributed by atoms with Gasteiger partial charge in [0.1, 0.15) is 12.0 Å². The molecule has 1 N–H and O–H groups in total. The average Bonchev–Trinajstić information content (AvgIpc) is 2.41. The van der Waals surface area contributed by atoms with E-state index < -0.39 is 4.92 Å². The normalized spacial score (nSPS) is 16.9. The zero-order valence-corrected chi connectivity index (χ0v) is 11.7. The summed E-state index contributed by atoms with van der Waals surface area (Å²) in [6.45, 7) is 8.49. The molecule has 6 nitrogen and oxygen atoms in total. The van der Waals surface area contributed by atoms with Gasteiger partial charge in [0, 0.05) is 31.2 Å². The van der Waals surface area contributed by atoms with Gasteiger partial charge in [0.25, 0.3) is 5.69 Å². The van der Waals surface area contributed by atoms with Gasteiger partial charge in [0.05, 0.1) is 4.92 Å². The fraction of sp³-hybridized carbons (Fsp3) is 0.500. The van der Waals surface area contributed by atoms with Gasteiger partial charge in [-0.1, -0.05) is 6.08 Å². The Morgan fingerprint density at radius 1 is 1.60 bits per heavy atom. The summed E-state index contributed by atoms with van der Waals surface area (Å²) in [5.74, 6) is 0.718. The predicted octanol–water partition coefficient (Wildman–Crippen LogP) is 2.36. The summed E-state index contributed by atoms with van der Waals surface area (Å²) in [5, 5.41) is 14.1. The standard InChI is InChI=1S/C14H20N4O2/c1-3-6-17-7-4-12(5-8-17)16-14-9-11(2)13(10-15-14)18(19)20/h3,9-10,12H,1,4-8H2,2H3,(H,15,16). The second-order valence-electron chi connectivity index (χ2n) is 5.12. The topological polar surface area (TPSA) is 71.3 Å². The molecule has 0 aromatic carbocycles. The minimum absolute atomic E-state index is 0.0661. The maximum absolute atomic E-state index is 10.8. The lowest BCUT2D eigenvalue weighted by molar-refractivity contribution is -0.385. The van der Waals surface area contributed by atoms with Crippen molar-refractivity contribution in [3.05, 3.63) is 40.6 Å². The first-order chi connectivity index (χ1) is 9.60. The molecule has 1 aromatic heterocycles. The molecule has 2 heterocycles. The van der Waals surface area contributed by atoms with E-state index in [4.69, 9.17) is 0 Å². The van der Waals surface area contributed by atoms with E-state index in [0.717, 1.165) is 38.3 Å². The first-order valence-corrected chi connectivity index (χ1v) is 6.81. The molecule has 0 aliphatic carbocycles. The number of hydrogen-bond donors (Lipinski definition) is 1. The maximum Gasteiger partial charge on any atom is 0.290 e. The number of piperidine rings is 1. The van der Waals surface area contributed by atoms with Crippen LogP contribution in [0.3, 0.4) is 0 Å². The monoisotopic (exact) mass is 276 g/mol. The van der Waals surface area contributed by atoms with Crippen molar-refractivity contribution < 1.29 is 4.92 Å². The molecule has 1 fully saturated rings. The minimum Gasteiger partial charge on any atom is -0.367 e. The molecule has 2 rings (SSSR count). The van der Waals surface area contributed by atoms with Crippen LogP contribution >= 0.6 is 0 Å². The molecule has 0 amide bonds. The molecular formula is C14H20N4O2. The third kappa shape index (κ3) is 3.54. The quantitative estimate of drug-likeness (QED) is 0.508. The van der Waals surface area contributed by atoms with Gasteiger partial charge in [-0.2, -0.15) is 0 Å². The number of nitrogens with one attached hydrogen (secondary N) is 1. The Balaban J connectivity index is 1.93. The predicted molar refractivity (Wildman–Crippen MR) is 78.9 cm³/mol. The van der Waals surface area contributed by atoms with Gasteiger partial charge in [-0.25, -0.2) is 4.98 Å². The van der Waals surface area contributed by atoms with E-state index in [1.165, 1.54) is 6.20 Å². The van der Waals surface area contributed by atoms with Crippen LogP contribution in [0.1, 0.15) is 18.4 Å². The summed E-state index contributed by atoms with van der Waals surface area (Å²) in [4.78, 5) is 16.8. The van der Waals surface area contributed by atoms with Crippen molar-refractivity contribution in [3.8, 4) is 0 Å². The van der Waals surface area contributed by atoms with Gasteiger partial charge in [-0.15, -0.1) is 6.58 Å². The second-order valence-corrected chi connectivity index (χ2v) is 5.12. The third-order valence-electron chi connectivity index (χ3n) is 3.61. The van der Waals surface area contributed by atoms with Gasteiger partial charge in [-0.3, -0.25) is 15.0 Å². The summed E-state index contributed by atoms with van der Waals surface area (Å²) in [6, 6.07) is 2.12.